The zero-order chi connectivity index (χ0) is 20.5. The molecule has 1 N–H and O–H groups in total. The van der Waals surface area contributed by atoms with Gasteiger partial charge in [0.2, 0.25) is 0 Å². The lowest BCUT2D eigenvalue weighted by molar-refractivity contribution is 0.395. The van der Waals surface area contributed by atoms with Gasteiger partial charge in [0.1, 0.15) is 23.0 Å². The quantitative estimate of drug-likeness (QED) is 0.492. The maximum absolute atomic E-state index is 6.41. The van der Waals surface area contributed by atoms with Gasteiger partial charge in [0.25, 0.3) is 0 Å². The van der Waals surface area contributed by atoms with Crippen molar-refractivity contribution in [1.82, 2.24) is 19.7 Å². The predicted octanol–water partition coefficient (Wildman–Crippen LogP) is 5.22. The van der Waals surface area contributed by atoms with Crippen LogP contribution in [0.25, 0.3) is 28.3 Å². The van der Waals surface area contributed by atoms with Gasteiger partial charge in [-0.15, -0.1) is 0 Å². The van der Waals surface area contributed by atoms with Gasteiger partial charge in [-0.05, 0) is 44.2 Å². The van der Waals surface area contributed by atoms with Crippen molar-refractivity contribution in [2.75, 3.05) is 14.2 Å². The van der Waals surface area contributed by atoms with Crippen molar-refractivity contribution in [2.45, 2.75) is 13.8 Å². The maximum Gasteiger partial charge on any atom is 0.132 e. The summed E-state index contributed by atoms with van der Waals surface area (Å²) in [6.45, 7) is 3.98. The van der Waals surface area contributed by atoms with Gasteiger partial charge in [-0.1, -0.05) is 23.7 Å². The van der Waals surface area contributed by atoms with Crippen LogP contribution in [0.4, 0.5) is 0 Å². The highest BCUT2D eigenvalue weighted by Gasteiger charge is 2.19. The Hall–Kier alpha value is -3.25. The van der Waals surface area contributed by atoms with E-state index in [1.165, 1.54) is 0 Å². The fraction of sp³-hybridized carbons (Fsp3) is 0.182. The number of hydrogen-bond acceptors (Lipinski definition) is 4. The third-order valence-corrected chi connectivity index (χ3v) is 5.21. The number of aromatic nitrogens is 4. The topological polar surface area (TPSA) is 65.0 Å². The fourth-order valence-corrected chi connectivity index (χ4v) is 3.70. The lowest BCUT2D eigenvalue weighted by Crippen LogP contribution is -2.00. The molecular formula is C22H21ClN4O2. The van der Waals surface area contributed by atoms with E-state index >= 15 is 0 Å². The molecule has 0 spiro atoms. The molecule has 2 heterocycles. The van der Waals surface area contributed by atoms with Crippen molar-refractivity contribution < 1.29 is 9.47 Å². The third kappa shape index (κ3) is 3.36. The van der Waals surface area contributed by atoms with Gasteiger partial charge < -0.3 is 9.47 Å². The number of nitrogens with zero attached hydrogens (tertiary/aromatic N) is 3. The molecule has 0 unspecified atom stereocenters. The van der Waals surface area contributed by atoms with Gasteiger partial charge >= 0.3 is 0 Å². The summed E-state index contributed by atoms with van der Waals surface area (Å²) < 4.78 is 12.8. The summed E-state index contributed by atoms with van der Waals surface area (Å²) >= 11 is 6.41. The van der Waals surface area contributed by atoms with Gasteiger partial charge in [0.05, 0.1) is 36.3 Å². The summed E-state index contributed by atoms with van der Waals surface area (Å²) in [5.41, 5.74) is 5.17. The number of halogens is 1. The summed E-state index contributed by atoms with van der Waals surface area (Å²) in [5, 5.41) is 8.26. The number of benzene rings is 2. The summed E-state index contributed by atoms with van der Waals surface area (Å²) in [4.78, 5) is 4.76. The normalized spacial score (nSPS) is 10.9. The Balaban J connectivity index is 1.77. The van der Waals surface area contributed by atoms with Crippen molar-refractivity contribution >= 4 is 11.6 Å². The van der Waals surface area contributed by atoms with Crippen LogP contribution in [0.5, 0.6) is 11.5 Å². The van der Waals surface area contributed by atoms with Gasteiger partial charge in [-0.25, -0.2) is 4.98 Å². The Morgan fingerprint density at radius 2 is 1.79 bits per heavy atom. The van der Waals surface area contributed by atoms with Gasteiger partial charge in [0.15, 0.2) is 0 Å². The number of H-pyrrole nitrogens is 1. The molecule has 0 radical (unpaired) electrons. The van der Waals surface area contributed by atoms with Crippen molar-refractivity contribution in [3.8, 4) is 39.8 Å². The number of aryl methyl sites for hydroxylation is 1. The third-order valence-electron chi connectivity index (χ3n) is 4.89. The zero-order valence-electron chi connectivity index (χ0n) is 16.7. The molecule has 7 heteroatoms. The Morgan fingerprint density at radius 3 is 2.52 bits per heavy atom. The monoisotopic (exact) mass is 408 g/mol. The van der Waals surface area contributed by atoms with Crippen LogP contribution < -0.4 is 9.47 Å². The second-order valence-electron chi connectivity index (χ2n) is 6.61. The Labute approximate surface area is 174 Å². The second-order valence-corrected chi connectivity index (χ2v) is 7.02. The molecule has 29 heavy (non-hydrogen) atoms. The lowest BCUT2D eigenvalue weighted by Gasteiger charge is -2.09. The maximum atomic E-state index is 6.41. The minimum absolute atomic E-state index is 0.677. The van der Waals surface area contributed by atoms with Crippen LogP contribution in [0.3, 0.4) is 0 Å². The first-order chi connectivity index (χ1) is 14.0. The van der Waals surface area contributed by atoms with Gasteiger partial charge in [-0.2, -0.15) is 5.10 Å². The SMILES string of the molecule is COc1ccc(-c2cc(-c3nc(C)n(-c4ccccc4Cl)c3C)[nH]n2)c(OC)c1. The molecule has 0 saturated carbocycles. The van der Waals surface area contributed by atoms with Crippen LogP contribution in [0.2, 0.25) is 5.02 Å². The smallest absolute Gasteiger partial charge is 0.132 e. The van der Waals surface area contributed by atoms with E-state index in [0.717, 1.165) is 45.6 Å². The molecule has 0 atom stereocenters. The van der Waals surface area contributed by atoms with Crippen LogP contribution >= 0.6 is 11.6 Å². The van der Waals surface area contributed by atoms with Crippen molar-refractivity contribution in [1.29, 1.82) is 0 Å². The number of imidazole rings is 1. The Morgan fingerprint density at radius 1 is 1.00 bits per heavy atom. The number of para-hydroxylation sites is 1. The van der Waals surface area contributed by atoms with Crippen LogP contribution in [-0.4, -0.2) is 34.0 Å². The molecule has 148 valence electrons. The fourth-order valence-electron chi connectivity index (χ4n) is 3.48. The van der Waals surface area contributed by atoms with E-state index in [0.29, 0.717) is 10.8 Å². The number of aromatic amines is 1. The molecule has 2 aromatic carbocycles. The molecular weight excluding hydrogens is 388 g/mol. The van der Waals surface area contributed by atoms with Crippen LogP contribution in [-0.2, 0) is 0 Å². The van der Waals surface area contributed by atoms with E-state index in [2.05, 4.69) is 10.2 Å². The van der Waals surface area contributed by atoms with E-state index in [1.54, 1.807) is 14.2 Å². The highest BCUT2D eigenvalue weighted by molar-refractivity contribution is 6.32. The Bertz CT molecular complexity index is 1180. The molecule has 0 saturated heterocycles. The molecule has 0 aliphatic heterocycles. The van der Waals surface area contributed by atoms with Crippen LogP contribution in [0.1, 0.15) is 11.5 Å². The first-order valence-corrected chi connectivity index (χ1v) is 9.50. The average Bonchev–Trinajstić information content (AvgIpc) is 3.32. The van der Waals surface area contributed by atoms with Crippen molar-refractivity contribution in [3.63, 3.8) is 0 Å². The molecule has 2 aromatic heterocycles. The molecule has 6 nitrogen and oxygen atoms in total. The largest absolute Gasteiger partial charge is 0.497 e. The van der Waals surface area contributed by atoms with Crippen molar-refractivity contribution in [3.05, 3.63) is 65.1 Å². The summed E-state index contributed by atoms with van der Waals surface area (Å²) in [5.74, 6) is 2.27. The molecule has 4 aromatic rings. The van der Waals surface area contributed by atoms with Gasteiger partial charge in [-0.3, -0.25) is 9.67 Å². The van der Waals surface area contributed by atoms with E-state index in [-0.39, 0.29) is 0 Å². The molecule has 0 bridgehead atoms. The standard InChI is InChI=1S/C22H21ClN4O2/c1-13-22(24-14(2)27(13)20-8-6-5-7-17(20)23)19-12-18(25-26-19)16-10-9-15(28-3)11-21(16)29-4/h5-12H,1-4H3,(H,25,26). The summed E-state index contributed by atoms with van der Waals surface area (Å²) in [7, 11) is 3.26. The predicted molar refractivity (Wildman–Crippen MR) is 114 cm³/mol. The van der Waals surface area contributed by atoms with Crippen LogP contribution in [0.15, 0.2) is 48.5 Å². The van der Waals surface area contributed by atoms with E-state index in [1.807, 2.05) is 66.9 Å². The molecule has 0 amide bonds. The highest BCUT2D eigenvalue weighted by atomic mass is 35.5. The first-order valence-electron chi connectivity index (χ1n) is 9.12. The van der Waals surface area contributed by atoms with Crippen LogP contribution in [0, 0.1) is 13.8 Å². The molecule has 4 rings (SSSR count). The molecule has 0 fully saturated rings. The minimum Gasteiger partial charge on any atom is -0.497 e. The highest BCUT2D eigenvalue weighted by Crippen LogP contribution is 2.35. The molecule has 0 aliphatic rings. The number of hydrogen-bond donors (Lipinski definition) is 1. The first kappa shape index (κ1) is 19.1. The lowest BCUT2D eigenvalue weighted by atomic mass is 10.1. The van der Waals surface area contributed by atoms with E-state index in [9.17, 15) is 0 Å². The van der Waals surface area contributed by atoms with Crippen molar-refractivity contribution in [2.24, 2.45) is 0 Å². The number of methoxy groups -OCH3 is 2. The average molecular weight is 409 g/mol. The minimum atomic E-state index is 0.677. The second kappa shape index (κ2) is 7.64. The Kier molecular flexibility index (Phi) is 5.03. The zero-order valence-corrected chi connectivity index (χ0v) is 17.4. The number of rotatable bonds is 5. The summed E-state index contributed by atoms with van der Waals surface area (Å²) in [6, 6.07) is 15.4. The number of nitrogens with one attached hydrogen (secondary N) is 1. The van der Waals surface area contributed by atoms with Gasteiger partial charge in [0, 0.05) is 17.3 Å². The molecule has 0 aliphatic carbocycles. The van der Waals surface area contributed by atoms with E-state index < -0.39 is 0 Å². The number of ether oxygens (including phenoxy) is 2. The summed E-state index contributed by atoms with van der Waals surface area (Å²) in [6.07, 6.45) is 0. The van der Waals surface area contributed by atoms with E-state index in [4.69, 9.17) is 26.1 Å².